The Bertz CT molecular complexity index is 660. The van der Waals surface area contributed by atoms with E-state index < -0.39 is 4.92 Å². The Labute approximate surface area is 123 Å². The monoisotopic (exact) mass is 309 g/mol. The highest BCUT2D eigenvalue weighted by atomic mass is 32.2. The van der Waals surface area contributed by atoms with Crippen LogP contribution < -0.4 is 0 Å². The Morgan fingerprint density at radius 3 is 3.05 bits per heavy atom. The van der Waals surface area contributed by atoms with E-state index in [0.717, 1.165) is 18.0 Å². The second-order valence-electron chi connectivity index (χ2n) is 3.69. The lowest BCUT2D eigenvalue weighted by molar-refractivity contribution is -0.384. The summed E-state index contributed by atoms with van der Waals surface area (Å²) in [6, 6.07) is 1.56. The van der Waals surface area contributed by atoms with Gasteiger partial charge in [-0.2, -0.15) is 5.10 Å². The molecular formula is C11H11N5O4S. The molecule has 110 valence electrons. The van der Waals surface area contributed by atoms with Gasteiger partial charge in [0.05, 0.1) is 17.3 Å². The predicted molar refractivity (Wildman–Crippen MR) is 73.2 cm³/mol. The molecule has 0 radical (unpaired) electrons. The molecular weight excluding hydrogens is 298 g/mol. The van der Waals surface area contributed by atoms with Crippen molar-refractivity contribution in [3.05, 3.63) is 34.8 Å². The standard InChI is InChI=1S/C11H11N5O4S/c1-2-20-10(17)7-21-11-12-4-3-9(14-11)15-6-8(5-13-15)16(18)19/h3-6H,2,7H2,1H3. The number of hydrogen-bond acceptors (Lipinski definition) is 8. The van der Waals surface area contributed by atoms with E-state index in [0.29, 0.717) is 17.6 Å². The summed E-state index contributed by atoms with van der Waals surface area (Å²) < 4.78 is 6.07. The third-order valence-electron chi connectivity index (χ3n) is 2.26. The van der Waals surface area contributed by atoms with Crippen LogP contribution in [0.1, 0.15) is 6.92 Å². The summed E-state index contributed by atoms with van der Waals surface area (Å²) in [6.07, 6.45) is 3.87. The van der Waals surface area contributed by atoms with Crippen molar-refractivity contribution in [3.63, 3.8) is 0 Å². The maximum absolute atomic E-state index is 11.3. The molecule has 2 rings (SSSR count). The number of carbonyl (C=O) groups excluding carboxylic acids is 1. The number of esters is 1. The Morgan fingerprint density at radius 1 is 1.57 bits per heavy atom. The van der Waals surface area contributed by atoms with Gasteiger partial charge >= 0.3 is 11.7 Å². The van der Waals surface area contributed by atoms with E-state index in [9.17, 15) is 14.9 Å². The average molecular weight is 309 g/mol. The Morgan fingerprint density at radius 2 is 2.38 bits per heavy atom. The highest BCUT2D eigenvalue weighted by Gasteiger charge is 2.12. The van der Waals surface area contributed by atoms with E-state index in [2.05, 4.69) is 15.1 Å². The predicted octanol–water partition coefficient (Wildman–Crippen LogP) is 1.23. The van der Waals surface area contributed by atoms with E-state index in [4.69, 9.17) is 4.74 Å². The van der Waals surface area contributed by atoms with E-state index in [1.54, 1.807) is 13.0 Å². The van der Waals surface area contributed by atoms with Crippen molar-refractivity contribution in [2.75, 3.05) is 12.4 Å². The second-order valence-corrected chi connectivity index (χ2v) is 4.63. The molecule has 0 aliphatic rings. The van der Waals surface area contributed by atoms with Crippen molar-refractivity contribution in [2.24, 2.45) is 0 Å². The zero-order valence-electron chi connectivity index (χ0n) is 11.0. The van der Waals surface area contributed by atoms with E-state index in [1.807, 2.05) is 0 Å². The minimum Gasteiger partial charge on any atom is -0.465 e. The molecule has 0 spiro atoms. The molecule has 0 aliphatic heterocycles. The largest absolute Gasteiger partial charge is 0.465 e. The van der Waals surface area contributed by atoms with Crippen LogP contribution in [0.5, 0.6) is 0 Å². The molecule has 10 heteroatoms. The molecule has 2 heterocycles. The quantitative estimate of drug-likeness (QED) is 0.257. The van der Waals surface area contributed by atoms with E-state index >= 15 is 0 Å². The second kappa shape index (κ2) is 6.79. The molecule has 0 aliphatic carbocycles. The normalized spacial score (nSPS) is 10.3. The maximum Gasteiger partial charge on any atom is 0.316 e. The van der Waals surface area contributed by atoms with Gasteiger partial charge in [0.15, 0.2) is 11.0 Å². The third kappa shape index (κ3) is 3.99. The fourth-order valence-corrected chi connectivity index (χ4v) is 2.01. The molecule has 0 aromatic carbocycles. The number of rotatable bonds is 6. The minimum atomic E-state index is -0.541. The molecule has 0 bridgehead atoms. The van der Waals surface area contributed by atoms with Crippen molar-refractivity contribution in [1.29, 1.82) is 0 Å². The molecule has 0 fully saturated rings. The SMILES string of the molecule is CCOC(=O)CSc1nccc(-n2cc([N+](=O)[O-])cn2)n1. The summed E-state index contributed by atoms with van der Waals surface area (Å²) in [7, 11) is 0. The Balaban J connectivity index is 2.09. The Kier molecular flexibility index (Phi) is 4.82. The van der Waals surface area contributed by atoms with Crippen LogP contribution >= 0.6 is 11.8 Å². The van der Waals surface area contributed by atoms with Gasteiger partial charge in [-0.15, -0.1) is 0 Å². The molecule has 0 saturated heterocycles. The van der Waals surface area contributed by atoms with Crippen molar-refractivity contribution in [2.45, 2.75) is 12.1 Å². The maximum atomic E-state index is 11.3. The van der Waals surface area contributed by atoms with Gasteiger partial charge in [-0.1, -0.05) is 11.8 Å². The van der Waals surface area contributed by atoms with Gasteiger partial charge in [0.1, 0.15) is 12.4 Å². The van der Waals surface area contributed by atoms with Crippen LogP contribution in [0, 0.1) is 10.1 Å². The molecule has 2 aromatic heterocycles. The number of nitro groups is 1. The molecule has 2 aromatic rings. The Hall–Kier alpha value is -2.49. The van der Waals surface area contributed by atoms with Gasteiger partial charge in [-0.05, 0) is 6.92 Å². The molecule has 21 heavy (non-hydrogen) atoms. The van der Waals surface area contributed by atoms with E-state index in [-0.39, 0.29) is 17.4 Å². The zero-order valence-corrected chi connectivity index (χ0v) is 11.8. The first kappa shape index (κ1) is 14.9. The first-order chi connectivity index (χ1) is 10.1. The fraction of sp³-hybridized carbons (Fsp3) is 0.273. The summed E-state index contributed by atoms with van der Waals surface area (Å²) in [6.45, 7) is 2.04. The summed E-state index contributed by atoms with van der Waals surface area (Å²) in [5, 5.41) is 14.8. The van der Waals surface area contributed by atoms with Crippen molar-refractivity contribution in [3.8, 4) is 5.82 Å². The smallest absolute Gasteiger partial charge is 0.316 e. The first-order valence-corrected chi connectivity index (χ1v) is 6.89. The number of aromatic nitrogens is 4. The number of carbonyl (C=O) groups is 1. The van der Waals surface area contributed by atoms with Gasteiger partial charge < -0.3 is 4.74 Å². The van der Waals surface area contributed by atoms with Crippen LogP contribution in [0.25, 0.3) is 5.82 Å². The number of nitrogens with zero attached hydrogens (tertiary/aromatic N) is 5. The molecule has 9 nitrogen and oxygen atoms in total. The molecule has 0 N–H and O–H groups in total. The van der Waals surface area contributed by atoms with Gasteiger partial charge in [-0.25, -0.2) is 14.6 Å². The number of hydrogen-bond donors (Lipinski definition) is 0. The molecule has 0 atom stereocenters. The van der Waals surface area contributed by atoms with Gasteiger partial charge in [0.2, 0.25) is 0 Å². The lowest BCUT2D eigenvalue weighted by Gasteiger charge is -2.03. The third-order valence-corrected chi connectivity index (χ3v) is 3.09. The van der Waals surface area contributed by atoms with E-state index in [1.165, 1.54) is 17.1 Å². The van der Waals surface area contributed by atoms with Crippen LogP contribution in [0.2, 0.25) is 0 Å². The zero-order chi connectivity index (χ0) is 15.2. The highest BCUT2D eigenvalue weighted by molar-refractivity contribution is 7.99. The summed E-state index contributed by atoms with van der Waals surface area (Å²) >= 11 is 1.12. The summed E-state index contributed by atoms with van der Waals surface area (Å²) in [4.78, 5) is 29.5. The topological polar surface area (TPSA) is 113 Å². The first-order valence-electron chi connectivity index (χ1n) is 5.91. The van der Waals surface area contributed by atoms with Crippen LogP contribution in [-0.2, 0) is 9.53 Å². The van der Waals surface area contributed by atoms with Gasteiger partial charge in [0, 0.05) is 12.3 Å². The molecule has 0 unspecified atom stereocenters. The minimum absolute atomic E-state index is 0.0938. The van der Waals surface area contributed by atoms with Crippen molar-refractivity contribution in [1.82, 2.24) is 19.7 Å². The van der Waals surface area contributed by atoms with Crippen LogP contribution in [0.3, 0.4) is 0 Å². The lowest BCUT2D eigenvalue weighted by atomic mass is 10.5. The van der Waals surface area contributed by atoms with Crippen LogP contribution in [0.4, 0.5) is 5.69 Å². The lowest BCUT2D eigenvalue weighted by Crippen LogP contribution is -2.07. The highest BCUT2D eigenvalue weighted by Crippen LogP contribution is 2.16. The van der Waals surface area contributed by atoms with Crippen molar-refractivity contribution < 1.29 is 14.5 Å². The van der Waals surface area contributed by atoms with Crippen LogP contribution in [0.15, 0.2) is 29.8 Å². The summed E-state index contributed by atoms with van der Waals surface area (Å²) in [5.74, 6) is 0.118. The van der Waals surface area contributed by atoms with Gasteiger partial charge in [0.25, 0.3) is 0 Å². The molecule has 0 saturated carbocycles. The van der Waals surface area contributed by atoms with Crippen molar-refractivity contribution >= 4 is 23.4 Å². The van der Waals surface area contributed by atoms with Gasteiger partial charge in [-0.3, -0.25) is 14.9 Å². The number of thioether (sulfide) groups is 1. The molecule has 0 amide bonds. The fourth-order valence-electron chi connectivity index (χ4n) is 1.39. The summed E-state index contributed by atoms with van der Waals surface area (Å²) in [5.41, 5.74) is -0.130. The average Bonchev–Trinajstić information content (AvgIpc) is 2.96. The van der Waals surface area contributed by atoms with Crippen LogP contribution in [-0.4, -0.2) is 43.0 Å². The number of ether oxygens (including phenoxy) is 1.